The molecule has 0 atom stereocenters. The number of halogens is 1. The molecule has 0 rings (SSSR count). The Bertz CT molecular complexity index is 49.7. The van der Waals surface area contributed by atoms with Gasteiger partial charge in [0.05, 0.1) is 0 Å². The van der Waals surface area contributed by atoms with Crippen LogP contribution in [0.3, 0.4) is 0 Å². The summed E-state index contributed by atoms with van der Waals surface area (Å²) in [6, 6.07) is 0. The van der Waals surface area contributed by atoms with Crippen LogP contribution in [-0.4, -0.2) is 0 Å². The lowest BCUT2D eigenvalue weighted by Crippen LogP contribution is -1.67. The van der Waals surface area contributed by atoms with E-state index in [-0.39, 0.29) is 17.0 Å². The zero-order valence-corrected chi connectivity index (χ0v) is 7.71. The van der Waals surface area contributed by atoms with Crippen molar-refractivity contribution in [2.75, 3.05) is 0 Å². The molecule has 0 aromatic heterocycles. The Labute approximate surface area is 73.0 Å². The molecule has 0 saturated heterocycles. The third-order valence-electron chi connectivity index (χ3n) is 0. The van der Waals surface area contributed by atoms with Gasteiger partial charge in [-0.15, -0.1) is 17.0 Å². The van der Waals surface area contributed by atoms with E-state index in [1.54, 1.807) is 0 Å². The summed E-state index contributed by atoms with van der Waals surface area (Å²) in [5, 5.41) is 0. The minimum atomic E-state index is 0. The van der Waals surface area contributed by atoms with Crippen molar-refractivity contribution in [3.63, 3.8) is 0 Å². The van der Waals surface area contributed by atoms with Crippen molar-refractivity contribution in [2.24, 2.45) is 17.2 Å². The van der Waals surface area contributed by atoms with Crippen molar-refractivity contribution < 1.29 is 0 Å². The molecule has 0 aromatic rings. The third-order valence-corrected chi connectivity index (χ3v) is 0. The first-order valence-electron chi connectivity index (χ1n) is 2.22. The van der Waals surface area contributed by atoms with Gasteiger partial charge in [0.2, 0.25) is 0 Å². The summed E-state index contributed by atoms with van der Waals surface area (Å²) in [6.45, 7) is 9.42. The lowest BCUT2D eigenvalue weighted by molar-refractivity contribution is 1.64. The van der Waals surface area contributed by atoms with Crippen LogP contribution >= 0.6 is 17.0 Å². The molecule has 0 aliphatic heterocycles. The third kappa shape index (κ3) is 326. The molecule has 0 aliphatic rings. The minimum absolute atomic E-state index is 0. The lowest BCUT2D eigenvalue weighted by atomic mass is 11.1. The molecule has 0 heterocycles. The van der Waals surface area contributed by atoms with E-state index in [0.717, 1.165) is 0 Å². The molecule has 0 radical (unpaired) electrons. The zero-order valence-electron chi connectivity index (χ0n) is 5.99. The van der Waals surface area contributed by atoms with E-state index in [2.05, 4.69) is 36.9 Å². The van der Waals surface area contributed by atoms with E-state index in [4.69, 9.17) is 0 Å². The van der Waals surface area contributed by atoms with E-state index < -0.39 is 0 Å². The number of nitrogens with two attached hydrogens (primary N) is 3. The monoisotopic (exact) mass is 209 g/mol. The summed E-state index contributed by atoms with van der Waals surface area (Å²) < 4.78 is 0. The molecule has 0 unspecified atom stereocenters. The maximum absolute atomic E-state index is 4.61. The first-order valence-corrected chi connectivity index (χ1v) is 2.22. The van der Waals surface area contributed by atoms with Crippen LogP contribution in [0, 0.1) is 0 Å². The lowest BCUT2D eigenvalue weighted by Gasteiger charge is -1.40. The van der Waals surface area contributed by atoms with Gasteiger partial charge in [-0.25, -0.2) is 0 Å². The van der Waals surface area contributed by atoms with Crippen molar-refractivity contribution in [1.82, 2.24) is 0 Å². The van der Waals surface area contributed by atoms with E-state index in [1.165, 1.54) is 18.6 Å². The zero-order chi connectivity index (χ0) is 8.12. The molecular weight excluding hydrogens is 194 g/mol. The highest BCUT2D eigenvalue weighted by atomic mass is 79.9. The van der Waals surface area contributed by atoms with Gasteiger partial charge in [0, 0.05) is 0 Å². The maximum Gasteiger partial charge on any atom is -0.0136 e. The summed E-state index contributed by atoms with van der Waals surface area (Å²) in [4.78, 5) is 0. The SMILES string of the molecule is Br.C=CN.C=CN.C=CN. The van der Waals surface area contributed by atoms with Crippen molar-refractivity contribution in [2.45, 2.75) is 0 Å². The number of hydrogen-bond acceptors (Lipinski definition) is 3. The Morgan fingerprint density at radius 3 is 0.700 bits per heavy atom. The number of rotatable bonds is 0. The molecule has 0 aliphatic carbocycles. The topological polar surface area (TPSA) is 78.1 Å². The smallest absolute Gasteiger partial charge is 0.0136 e. The normalized spacial score (nSPS) is 3.60. The molecule has 0 saturated carbocycles. The van der Waals surface area contributed by atoms with Crippen molar-refractivity contribution in [1.29, 1.82) is 0 Å². The van der Waals surface area contributed by atoms with Gasteiger partial charge in [0.25, 0.3) is 0 Å². The van der Waals surface area contributed by atoms with Gasteiger partial charge in [-0.3, -0.25) is 0 Å². The van der Waals surface area contributed by atoms with Crippen LogP contribution in [0.15, 0.2) is 38.3 Å². The molecule has 0 fully saturated rings. The van der Waals surface area contributed by atoms with Gasteiger partial charge in [-0.2, -0.15) is 0 Å². The van der Waals surface area contributed by atoms with Gasteiger partial charge in [0.15, 0.2) is 0 Å². The Kier molecular flexibility index (Phi) is 213. The van der Waals surface area contributed by atoms with Crippen molar-refractivity contribution in [3.05, 3.63) is 38.3 Å². The second-order valence-electron chi connectivity index (χ2n) is 0.707. The Morgan fingerprint density at radius 1 is 0.700 bits per heavy atom. The molecule has 10 heavy (non-hydrogen) atoms. The first-order chi connectivity index (χ1) is 4.24. The molecule has 0 bridgehead atoms. The molecule has 62 valence electrons. The summed E-state index contributed by atoms with van der Waals surface area (Å²) in [5.41, 5.74) is 13.8. The molecular formula is C6H16BrN3. The summed E-state index contributed by atoms with van der Waals surface area (Å²) in [5.74, 6) is 0. The van der Waals surface area contributed by atoms with Crippen LogP contribution in [0.2, 0.25) is 0 Å². The van der Waals surface area contributed by atoms with Gasteiger partial charge < -0.3 is 17.2 Å². The molecule has 0 amide bonds. The molecule has 0 aromatic carbocycles. The van der Waals surface area contributed by atoms with Gasteiger partial charge >= 0.3 is 0 Å². The summed E-state index contributed by atoms with van der Waals surface area (Å²) >= 11 is 0. The predicted molar refractivity (Wildman–Crippen MR) is 53.5 cm³/mol. The number of hydrogen-bond donors (Lipinski definition) is 3. The molecule has 3 nitrogen and oxygen atoms in total. The van der Waals surface area contributed by atoms with Crippen LogP contribution in [-0.2, 0) is 0 Å². The minimum Gasteiger partial charge on any atom is -0.405 e. The van der Waals surface area contributed by atoms with Crippen LogP contribution in [0.1, 0.15) is 0 Å². The van der Waals surface area contributed by atoms with Crippen molar-refractivity contribution >= 4 is 17.0 Å². The van der Waals surface area contributed by atoms with E-state index in [1.807, 2.05) is 0 Å². The van der Waals surface area contributed by atoms with E-state index >= 15 is 0 Å². The fourth-order valence-electron chi connectivity index (χ4n) is 0. The average Bonchev–Trinajstić information content (AvgIpc) is 1.70. The highest BCUT2D eigenvalue weighted by molar-refractivity contribution is 8.93. The van der Waals surface area contributed by atoms with Crippen LogP contribution in [0.25, 0.3) is 0 Å². The fraction of sp³-hybridized carbons (Fsp3) is 0. The highest BCUT2D eigenvalue weighted by Gasteiger charge is 1.09. The average molecular weight is 210 g/mol. The largest absolute Gasteiger partial charge is 0.405 e. The van der Waals surface area contributed by atoms with Gasteiger partial charge in [0.1, 0.15) is 0 Å². The molecule has 4 heteroatoms. The van der Waals surface area contributed by atoms with Gasteiger partial charge in [-0.1, -0.05) is 19.7 Å². The van der Waals surface area contributed by atoms with E-state index in [9.17, 15) is 0 Å². The maximum atomic E-state index is 4.61. The van der Waals surface area contributed by atoms with Crippen LogP contribution in [0.4, 0.5) is 0 Å². The van der Waals surface area contributed by atoms with E-state index in [0.29, 0.717) is 0 Å². The Hall–Kier alpha value is -0.900. The van der Waals surface area contributed by atoms with Crippen LogP contribution < -0.4 is 17.2 Å². The molecule has 6 N–H and O–H groups in total. The summed E-state index contributed by atoms with van der Waals surface area (Å²) in [7, 11) is 0. The molecule has 0 spiro atoms. The first kappa shape index (κ1) is 23.0. The standard InChI is InChI=1S/3C2H5N.BrH/c3*1-2-3;/h3*2H,1,3H2;1H. The quantitative estimate of drug-likeness (QED) is 0.554. The Morgan fingerprint density at radius 2 is 0.700 bits per heavy atom. The van der Waals surface area contributed by atoms with Gasteiger partial charge in [-0.05, 0) is 18.6 Å². The fourth-order valence-corrected chi connectivity index (χ4v) is 0. The van der Waals surface area contributed by atoms with Crippen molar-refractivity contribution in [3.8, 4) is 0 Å². The second-order valence-corrected chi connectivity index (χ2v) is 0.707. The Balaban J connectivity index is -0.0000000257. The summed E-state index contributed by atoms with van der Waals surface area (Å²) in [6.07, 6.45) is 3.75. The predicted octanol–water partition coefficient (Wildman–Crippen LogP) is 0.844. The highest BCUT2D eigenvalue weighted by Crippen LogP contribution is 1.14. The van der Waals surface area contributed by atoms with Crippen LogP contribution in [0.5, 0.6) is 0 Å². The second kappa shape index (κ2) is 92.6.